The molecule has 5 nitrogen and oxygen atoms in total. The van der Waals surface area contributed by atoms with Crippen molar-refractivity contribution < 1.29 is 9.90 Å². The van der Waals surface area contributed by atoms with Crippen molar-refractivity contribution in [3.8, 4) is 11.4 Å². The van der Waals surface area contributed by atoms with E-state index >= 15 is 0 Å². The van der Waals surface area contributed by atoms with E-state index in [1.165, 1.54) is 0 Å². The molecular weight excluding hydrogens is 398 g/mol. The highest BCUT2D eigenvalue weighted by Crippen LogP contribution is 2.32. The molecule has 5 aromatic rings. The summed E-state index contributed by atoms with van der Waals surface area (Å²) in [5, 5.41) is 10.6. The lowest BCUT2D eigenvalue weighted by molar-refractivity contribution is 0.100. The fourth-order valence-electron chi connectivity index (χ4n) is 3.88. The van der Waals surface area contributed by atoms with Gasteiger partial charge in [-0.25, -0.2) is 0 Å². The highest BCUT2D eigenvalue weighted by Gasteiger charge is 2.24. The van der Waals surface area contributed by atoms with Crippen LogP contribution >= 0.6 is 0 Å². The van der Waals surface area contributed by atoms with Gasteiger partial charge in [0.2, 0.25) is 0 Å². The summed E-state index contributed by atoms with van der Waals surface area (Å²) in [6, 6.07) is 31.5. The summed E-state index contributed by atoms with van der Waals surface area (Å²) >= 11 is 0. The molecule has 0 unspecified atom stereocenters. The number of amides is 1. The molecule has 5 rings (SSSR count). The Morgan fingerprint density at radius 3 is 2.09 bits per heavy atom. The highest BCUT2D eigenvalue weighted by molar-refractivity contribution is 6.17. The first-order valence-electron chi connectivity index (χ1n) is 10.3. The van der Waals surface area contributed by atoms with Crippen molar-refractivity contribution in [1.82, 2.24) is 4.57 Å². The minimum Gasteiger partial charge on any atom is -0.508 e. The molecule has 0 fully saturated rings. The second kappa shape index (κ2) is 7.96. The summed E-state index contributed by atoms with van der Waals surface area (Å²) in [6.45, 7) is 0. The van der Waals surface area contributed by atoms with Crippen LogP contribution < -0.4 is 10.6 Å². The second-order valence-corrected chi connectivity index (χ2v) is 7.51. The molecule has 1 aromatic heterocycles. The van der Waals surface area contributed by atoms with Crippen molar-refractivity contribution in [3.63, 3.8) is 0 Å². The summed E-state index contributed by atoms with van der Waals surface area (Å²) < 4.78 is 2.00. The molecule has 3 N–H and O–H groups in total. The standard InChI is InChI=1S/C27H21N3O2/c28-19-10-12-20(13-11-19)29-18-25(24-8-4-5-9-26(24)29)27(32)30(21-6-2-1-3-7-21)22-14-16-23(31)17-15-22/h1-18,31H,28H2. The number of hydrogen-bond acceptors (Lipinski definition) is 3. The third-order valence-corrected chi connectivity index (χ3v) is 5.44. The number of phenols is 1. The number of rotatable bonds is 4. The summed E-state index contributed by atoms with van der Waals surface area (Å²) in [4.78, 5) is 15.6. The van der Waals surface area contributed by atoms with E-state index in [0.717, 1.165) is 22.3 Å². The Bertz CT molecular complexity index is 1390. The van der Waals surface area contributed by atoms with Gasteiger partial charge in [0, 0.05) is 34.3 Å². The zero-order valence-corrected chi connectivity index (χ0v) is 17.2. The molecule has 0 bridgehead atoms. The number of nitrogens with two attached hydrogens (primary N) is 1. The number of nitrogens with zero attached hydrogens (tertiary/aromatic N) is 2. The summed E-state index contributed by atoms with van der Waals surface area (Å²) in [6.07, 6.45) is 1.87. The Hall–Kier alpha value is -4.51. The molecule has 0 spiro atoms. The monoisotopic (exact) mass is 419 g/mol. The molecule has 0 atom stereocenters. The van der Waals surface area contributed by atoms with Gasteiger partial charge in [0.1, 0.15) is 5.75 Å². The summed E-state index contributed by atoms with van der Waals surface area (Å²) in [5.41, 5.74) is 10.4. The van der Waals surface area contributed by atoms with E-state index in [1.807, 2.05) is 89.6 Å². The maximum Gasteiger partial charge on any atom is 0.265 e. The first-order valence-corrected chi connectivity index (χ1v) is 10.3. The molecule has 0 saturated carbocycles. The number of hydrogen-bond donors (Lipinski definition) is 2. The molecular formula is C27H21N3O2. The SMILES string of the molecule is Nc1ccc(-n2cc(C(=O)N(c3ccccc3)c3ccc(O)cc3)c3ccccc32)cc1. The number of aromatic nitrogens is 1. The number of nitrogen functional groups attached to an aromatic ring is 1. The number of carbonyl (C=O) groups is 1. The van der Waals surface area contributed by atoms with E-state index in [0.29, 0.717) is 16.9 Å². The van der Waals surface area contributed by atoms with Gasteiger partial charge in [0.15, 0.2) is 0 Å². The Morgan fingerprint density at radius 2 is 1.38 bits per heavy atom. The zero-order valence-electron chi connectivity index (χ0n) is 17.2. The Kier molecular flexibility index (Phi) is 4.84. The van der Waals surface area contributed by atoms with Gasteiger partial charge in [-0.2, -0.15) is 0 Å². The van der Waals surface area contributed by atoms with Gasteiger partial charge in [0.25, 0.3) is 5.91 Å². The normalized spacial score (nSPS) is 10.9. The molecule has 0 aliphatic carbocycles. The molecule has 4 aromatic carbocycles. The van der Waals surface area contributed by atoms with Crippen LogP contribution in [-0.4, -0.2) is 15.6 Å². The maximum absolute atomic E-state index is 14.0. The summed E-state index contributed by atoms with van der Waals surface area (Å²) in [5.74, 6) is -0.0125. The van der Waals surface area contributed by atoms with Crippen LogP contribution in [0.15, 0.2) is 109 Å². The van der Waals surface area contributed by atoms with Gasteiger partial charge in [-0.05, 0) is 66.7 Å². The number of benzene rings is 4. The maximum atomic E-state index is 14.0. The van der Waals surface area contributed by atoms with Crippen LogP contribution in [0, 0.1) is 0 Å². The zero-order chi connectivity index (χ0) is 22.1. The number of para-hydroxylation sites is 2. The van der Waals surface area contributed by atoms with E-state index in [1.54, 1.807) is 29.2 Å². The Labute approximate surface area is 185 Å². The minimum absolute atomic E-state index is 0.147. The summed E-state index contributed by atoms with van der Waals surface area (Å²) in [7, 11) is 0. The van der Waals surface area contributed by atoms with Gasteiger partial charge < -0.3 is 15.4 Å². The smallest absolute Gasteiger partial charge is 0.265 e. The molecule has 0 saturated heterocycles. The van der Waals surface area contributed by atoms with Crippen LogP contribution in [0.5, 0.6) is 5.75 Å². The molecule has 0 aliphatic rings. The molecule has 1 amide bonds. The van der Waals surface area contributed by atoms with Crippen LogP contribution in [-0.2, 0) is 0 Å². The number of aromatic hydroxyl groups is 1. The predicted octanol–water partition coefficient (Wildman–Crippen LogP) is 5.90. The van der Waals surface area contributed by atoms with Crippen molar-refractivity contribution in [2.24, 2.45) is 0 Å². The molecule has 0 aliphatic heterocycles. The first-order chi connectivity index (χ1) is 15.6. The number of fused-ring (bicyclic) bond motifs is 1. The second-order valence-electron chi connectivity index (χ2n) is 7.51. The topological polar surface area (TPSA) is 71.5 Å². The van der Waals surface area contributed by atoms with E-state index in [2.05, 4.69) is 0 Å². The lowest BCUT2D eigenvalue weighted by atomic mass is 10.1. The number of carbonyl (C=O) groups excluding carboxylic acids is 1. The largest absolute Gasteiger partial charge is 0.508 e. The fourth-order valence-corrected chi connectivity index (χ4v) is 3.88. The molecule has 32 heavy (non-hydrogen) atoms. The average molecular weight is 419 g/mol. The lowest BCUT2D eigenvalue weighted by Gasteiger charge is -2.23. The van der Waals surface area contributed by atoms with Crippen molar-refractivity contribution in [1.29, 1.82) is 0 Å². The van der Waals surface area contributed by atoms with Crippen LogP contribution in [0.25, 0.3) is 16.6 Å². The Balaban J connectivity index is 1.68. The van der Waals surface area contributed by atoms with Gasteiger partial charge in [-0.15, -0.1) is 0 Å². The van der Waals surface area contributed by atoms with Gasteiger partial charge in [0.05, 0.1) is 11.1 Å². The molecule has 0 radical (unpaired) electrons. The van der Waals surface area contributed by atoms with Gasteiger partial charge in [-0.1, -0.05) is 36.4 Å². The van der Waals surface area contributed by atoms with Crippen molar-refractivity contribution in [2.45, 2.75) is 0 Å². The van der Waals surface area contributed by atoms with Crippen LogP contribution in [0.1, 0.15) is 10.4 Å². The van der Waals surface area contributed by atoms with E-state index < -0.39 is 0 Å². The molecule has 1 heterocycles. The molecule has 156 valence electrons. The third kappa shape index (κ3) is 3.46. The van der Waals surface area contributed by atoms with E-state index in [4.69, 9.17) is 5.73 Å². The fraction of sp³-hybridized carbons (Fsp3) is 0. The lowest BCUT2D eigenvalue weighted by Crippen LogP contribution is -2.25. The Morgan fingerprint density at radius 1 is 0.750 bits per heavy atom. The van der Waals surface area contributed by atoms with Gasteiger partial charge in [-0.3, -0.25) is 9.69 Å². The van der Waals surface area contributed by atoms with E-state index in [9.17, 15) is 9.90 Å². The van der Waals surface area contributed by atoms with Crippen molar-refractivity contribution in [2.75, 3.05) is 10.6 Å². The average Bonchev–Trinajstić information content (AvgIpc) is 3.21. The van der Waals surface area contributed by atoms with Crippen molar-refractivity contribution >= 4 is 33.9 Å². The minimum atomic E-state index is -0.160. The quantitative estimate of drug-likeness (QED) is 0.357. The van der Waals surface area contributed by atoms with Crippen LogP contribution in [0.2, 0.25) is 0 Å². The van der Waals surface area contributed by atoms with Crippen LogP contribution in [0.3, 0.4) is 0 Å². The number of phenolic OH excluding ortho intramolecular Hbond substituents is 1. The predicted molar refractivity (Wildman–Crippen MR) is 129 cm³/mol. The van der Waals surface area contributed by atoms with Crippen molar-refractivity contribution in [3.05, 3.63) is 115 Å². The number of anilines is 3. The van der Waals surface area contributed by atoms with Gasteiger partial charge >= 0.3 is 0 Å². The molecule has 5 heteroatoms. The van der Waals surface area contributed by atoms with E-state index in [-0.39, 0.29) is 11.7 Å². The third-order valence-electron chi connectivity index (χ3n) is 5.44. The first kappa shape index (κ1) is 19.5. The van der Waals surface area contributed by atoms with Crippen LogP contribution in [0.4, 0.5) is 17.1 Å². The highest BCUT2D eigenvalue weighted by atomic mass is 16.3.